The molecule has 0 radical (unpaired) electrons. The second kappa shape index (κ2) is 8.60. The number of nitrogens with one attached hydrogen (secondary N) is 1. The van der Waals surface area contributed by atoms with Crippen molar-refractivity contribution in [2.75, 3.05) is 7.11 Å². The Labute approximate surface area is 147 Å². The average Bonchev–Trinajstić information content (AvgIpc) is 2.61. The quantitative estimate of drug-likeness (QED) is 0.808. The van der Waals surface area contributed by atoms with E-state index in [1.54, 1.807) is 26.2 Å². The molecule has 2 aromatic rings. The molecule has 2 atom stereocenters. The highest BCUT2D eigenvalue weighted by atomic mass is 35.5. The van der Waals surface area contributed by atoms with E-state index in [4.69, 9.17) is 21.1 Å². The van der Waals surface area contributed by atoms with Crippen molar-refractivity contribution in [2.45, 2.75) is 32.4 Å². The summed E-state index contributed by atoms with van der Waals surface area (Å²) in [6.07, 6.45) is 0.133. The van der Waals surface area contributed by atoms with Crippen LogP contribution in [-0.4, -0.2) is 19.1 Å². The van der Waals surface area contributed by atoms with Crippen molar-refractivity contribution in [3.63, 3.8) is 0 Å². The first kappa shape index (κ1) is 18.1. The SMILES string of the molecule is CC[C@@H](NC(=O)[C@@H](C)Oc1ccccc1Cl)c1ccc(OC)cc1. The predicted molar refractivity (Wildman–Crippen MR) is 95.7 cm³/mol. The number of hydrogen-bond acceptors (Lipinski definition) is 3. The van der Waals surface area contributed by atoms with Crippen LogP contribution in [0, 0.1) is 0 Å². The zero-order valence-corrected chi connectivity index (χ0v) is 14.8. The number of hydrogen-bond donors (Lipinski definition) is 1. The third-order valence-corrected chi connectivity index (χ3v) is 4.06. The summed E-state index contributed by atoms with van der Waals surface area (Å²) >= 11 is 6.06. The first-order valence-corrected chi connectivity index (χ1v) is 8.28. The van der Waals surface area contributed by atoms with Gasteiger partial charge in [0.2, 0.25) is 0 Å². The third kappa shape index (κ3) is 4.65. The van der Waals surface area contributed by atoms with Crippen LogP contribution in [0.15, 0.2) is 48.5 Å². The maximum Gasteiger partial charge on any atom is 0.261 e. The van der Waals surface area contributed by atoms with Crippen molar-refractivity contribution < 1.29 is 14.3 Å². The van der Waals surface area contributed by atoms with E-state index in [0.29, 0.717) is 10.8 Å². The van der Waals surface area contributed by atoms with Gasteiger partial charge in [-0.05, 0) is 43.2 Å². The summed E-state index contributed by atoms with van der Waals surface area (Å²) in [4.78, 5) is 12.4. The molecule has 5 heteroatoms. The van der Waals surface area contributed by atoms with Crippen molar-refractivity contribution >= 4 is 17.5 Å². The van der Waals surface area contributed by atoms with Gasteiger partial charge < -0.3 is 14.8 Å². The van der Waals surface area contributed by atoms with Gasteiger partial charge in [-0.1, -0.05) is 42.8 Å². The van der Waals surface area contributed by atoms with Gasteiger partial charge in [-0.15, -0.1) is 0 Å². The molecule has 0 heterocycles. The molecule has 0 saturated heterocycles. The monoisotopic (exact) mass is 347 g/mol. The van der Waals surface area contributed by atoms with Crippen LogP contribution in [-0.2, 0) is 4.79 Å². The molecule has 0 aromatic heterocycles. The van der Waals surface area contributed by atoms with Crippen molar-refractivity contribution in [1.29, 1.82) is 0 Å². The fourth-order valence-corrected chi connectivity index (χ4v) is 2.51. The lowest BCUT2D eigenvalue weighted by atomic mass is 10.0. The molecule has 2 rings (SSSR count). The molecule has 2 aromatic carbocycles. The minimum Gasteiger partial charge on any atom is -0.497 e. The number of para-hydroxylation sites is 1. The minimum absolute atomic E-state index is 0.0827. The van der Waals surface area contributed by atoms with Crippen molar-refractivity contribution in [3.8, 4) is 11.5 Å². The first-order valence-electron chi connectivity index (χ1n) is 7.90. The maximum atomic E-state index is 12.4. The Balaban J connectivity index is 2.01. The molecule has 4 nitrogen and oxygen atoms in total. The summed E-state index contributed by atoms with van der Waals surface area (Å²) < 4.78 is 10.8. The van der Waals surface area contributed by atoms with E-state index in [2.05, 4.69) is 5.32 Å². The zero-order valence-electron chi connectivity index (χ0n) is 14.1. The maximum absolute atomic E-state index is 12.4. The van der Waals surface area contributed by atoms with Crippen molar-refractivity contribution in [2.24, 2.45) is 0 Å². The van der Waals surface area contributed by atoms with Gasteiger partial charge in [-0.2, -0.15) is 0 Å². The highest BCUT2D eigenvalue weighted by Crippen LogP contribution is 2.25. The van der Waals surface area contributed by atoms with Gasteiger partial charge >= 0.3 is 0 Å². The molecule has 0 aliphatic rings. The van der Waals surface area contributed by atoms with E-state index in [1.807, 2.05) is 43.3 Å². The number of carbonyl (C=O) groups excluding carboxylic acids is 1. The molecule has 0 spiro atoms. The molecule has 1 amide bonds. The van der Waals surface area contributed by atoms with Crippen LogP contribution < -0.4 is 14.8 Å². The molecular formula is C19H22ClNO3. The standard InChI is InChI=1S/C19H22ClNO3/c1-4-17(14-9-11-15(23-3)12-10-14)21-19(22)13(2)24-18-8-6-5-7-16(18)20/h5-13,17H,4H2,1-3H3,(H,21,22)/t13-,17-/m1/s1. The summed E-state index contributed by atoms with van der Waals surface area (Å²) in [6, 6.07) is 14.7. The fourth-order valence-electron chi connectivity index (χ4n) is 2.33. The van der Waals surface area contributed by atoms with Gasteiger partial charge in [-0.3, -0.25) is 4.79 Å². The van der Waals surface area contributed by atoms with Crippen LogP contribution in [0.2, 0.25) is 5.02 Å². The van der Waals surface area contributed by atoms with Crippen LogP contribution in [0.4, 0.5) is 0 Å². The van der Waals surface area contributed by atoms with Gasteiger partial charge in [0.05, 0.1) is 18.2 Å². The second-order valence-corrected chi connectivity index (χ2v) is 5.84. The van der Waals surface area contributed by atoms with Crippen molar-refractivity contribution in [1.82, 2.24) is 5.32 Å². The molecule has 0 unspecified atom stereocenters. The summed E-state index contributed by atoms with van der Waals surface area (Å²) in [5, 5.41) is 3.50. The Hall–Kier alpha value is -2.20. The normalized spacial score (nSPS) is 13.0. The Morgan fingerprint density at radius 2 is 1.83 bits per heavy atom. The van der Waals surface area contributed by atoms with E-state index in [-0.39, 0.29) is 11.9 Å². The molecular weight excluding hydrogens is 326 g/mol. The lowest BCUT2D eigenvalue weighted by molar-refractivity contribution is -0.128. The Bertz CT molecular complexity index is 673. The van der Waals surface area contributed by atoms with E-state index >= 15 is 0 Å². The van der Waals surface area contributed by atoms with Gasteiger partial charge in [0, 0.05) is 0 Å². The Kier molecular flexibility index (Phi) is 6.50. The number of amides is 1. The van der Waals surface area contributed by atoms with Gasteiger partial charge in [0.15, 0.2) is 6.10 Å². The number of carbonyl (C=O) groups is 1. The third-order valence-electron chi connectivity index (χ3n) is 3.75. The van der Waals surface area contributed by atoms with Crippen LogP contribution in [0.5, 0.6) is 11.5 Å². The summed E-state index contributed by atoms with van der Waals surface area (Å²) in [5.74, 6) is 1.10. The van der Waals surface area contributed by atoms with Crippen molar-refractivity contribution in [3.05, 3.63) is 59.1 Å². The summed E-state index contributed by atoms with van der Waals surface area (Å²) in [6.45, 7) is 3.73. The Morgan fingerprint density at radius 1 is 1.17 bits per heavy atom. The van der Waals surface area contributed by atoms with Gasteiger partial charge in [0.25, 0.3) is 5.91 Å². The number of benzene rings is 2. The Morgan fingerprint density at radius 3 is 2.42 bits per heavy atom. The summed E-state index contributed by atoms with van der Waals surface area (Å²) in [7, 11) is 1.63. The van der Waals surface area contributed by atoms with E-state index < -0.39 is 6.10 Å². The van der Waals surface area contributed by atoms with Crippen LogP contribution >= 0.6 is 11.6 Å². The molecule has 0 aliphatic carbocycles. The number of methoxy groups -OCH3 is 1. The smallest absolute Gasteiger partial charge is 0.261 e. The summed E-state index contributed by atoms with van der Waals surface area (Å²) in [5.41, 5.74) is 1.02. The molecule has 0 fully saturated rings. The molecule has 0 aliphatic heterocycles. The first-order chi connectivity index (χ1) is 11.5. The highest BCUT2D eigenvalue weighted by Gasteiger charge is 2.20. The van der Waals surface area contributed by atoms with Crippen LogP contribution in [0.3, 0.4) is 0 Å². The molecule has 0 saturated carbocycles. The van der Waals surface area contributed by atoms with Gasteiger partial charge in [0.1, 0.15) is 11.5 Å². The molecule has 1 N–H and O–H groups in total. The number of ether oxygens (including phenoxy) is 2. The molecule has 128 valence electrons. The van der Waals surface area contributed by atoms with Crippen LogP contribution in [0.25, 0.3) is 0 Å². The van der Waals surface area contributed by atoms with E-state index in [1.165, 1.54) is 0 Å². The number of rotatable bonds is 7. The van der Waals surface area contributed by atoms with E-state index in [0.717, 1.165) is 17.7 Å². The van der Waals surface area contributed by atoms with Crippen LogP contribution in [0.1, 0.15) is 31.9 Å². The fraction of sp³-hybridized carbons (Fsp3) is 0.316. The lowest BCUT2D eigenvalue weighted by Crippen LogP contribution is -2.38. The predicted octanol–water partition coefficient (Wildman–Crippen LogP) is 4.38. The zero-order chi connectivity index (χ0) is 17.5. The minimum atomic E-state index is -0.641. The molecule has 24 heavy (non-hydrogen) atoms. The average molecular weight is 348 g/mol. The number of halogens is 1. The largest absolute Gasteiger partial charge is 0.497 e. The topological polar surface area (TPSA) is 47.6 Å². The highest BCUT2D eigenvalue weighted by molar-refractivity contribution is 6.32. The van der Waals surface area contributed by atoms with Gasteiger partial charge in [-0.25, -0.2) is 0 Å². The molecule has 0 bridgehead atoms. The second-order valence-electron chi connectivity index (χ2n) is 5.43. The lowest BCUT2D eigenvalue weighted by Gasteiger charge is -2.21. The van der Waals surface area contributed by atoms with E-state index in [9.17, 15) is 4.79 Å².